The lowest BCUT2D eigenvalue weighted by molar-refractivity contribution is -0.0258. The number of nitrogens with zero attached hydrogens (tertiary/aromatic N) is 3. The van der Waals surface area contributed by atoms with E-state index in [1.807, 2.05) is 29.9 Å². The van der Waals surface area contributed by atoms with Crippen molar-refractivity contribution in [2.24, 2.45) is 7.05 Å². The third-order valence-electron chi connectivity index (χ3n) is 4.11. The molecule has 0 radical (unpaired) electrons. The number of benzene rings is 2. The fourth-order valence-corrected chi connectivity index (χ4v) is 4.16. The van der Waals surface area contributed by atoms with Crippen molar-refractivity contribution in [2.75, 3.05) is 19.5 Å². The van der Waals surface area contributed by atoms with Gasteiger partial charge in [0, 0.05) is 42.6 Å². The summed E-state index contributed by atoms with van der Waals surface area (Å²) < 4.78 is 27.1. The Balaban J connectivity index is 1.66. The van der Waals surface area contributed by atoms with Gasteiger partial charge in [-0.1, -0.05) is 16.2 Å². The Labute approximate surface area is 173 Å². The van der Waals surface area contributed by atoms with Gasteiger partial charge in [0.05, 0.1) is 12.0 Å². The van der Waals surface area contributed by atoms with Crippen molar-refractivity contribution in [3.8, 4) is 0 Å². The molecule has 0 saturated heterocycles. The second kappa shape index (κ2) is 8.78. The highest BCUT2D eigenvalue weighted by Crippen LogP contribution is 2.27. The summed E-state index contributed by atoms with van der Waals surface area (Å²) in [6, 6.07) is 13.0. The van der Waals surface area contributed by atoms with Gasteiger partial charge >= 0.3 is 0 Å². The van der Waals surface area contributed by atoms with Crippen LogP contribution in [0.2, 0.25) is 0 Å². The predicted molar refractivity (Wildman–Crippen MR) is 110 cm³/mol. The van der Waals surface area contributed by atoms with Crippen molar-refractivity contribution >= 4 is 33.4 Å². The summed E-state index contributed by atoms with van der Waals surface area (Å²) in [4.78, 5) is 22.5. The Kier molecular flexibility index (Phi) is 6.38. The second-order valence-electron chi connectivity index (χ2n) is 6.02. The van der Waals surface area contributed by atoms with E-state index in [9.17, 15) is 13.2 Å². The number of anilines is 1. The summed E-state index contributed by atoms with van der Waals surface area (Å²) in [5.41, 5.74) is 0.977. The third kappa shape index (κ3) is 4.85. The summed E-state index contributed by atoms with van der Waals surface area (Å²) in [5, 5.41) is 3.67. The first-order chi connectivity index (χ1) is 13.8. The minimum atomic E-state index is -3.75. The van der Waals surface area contributed by atoms with Crippen LogP contribution < -0.4 is 5.32 Å². The lowest BCUT2D eigenvalue weighted by Gasteiger charge is -2.14. The molecule has 0 saturated carbocycles. The molecule has 0 aliphatic rings. The van der Waals surface area contributed by atoms with E-state index in [-0.39, 0.29) is 10.8 Å². The summed E-state index contributed by atoms with van der Waals surface area (Å²) in [6.07, 6.45) is 3.61. The van der Waals surface area contributed by atoms with Gasteiger partial charge in [0.15, 0.2) is 5.16 Å². The average molecular weight is 433 g/mol. The summed E-state index contributed by atoms with van der Waals surface area (Å²) in [5.74, 6) is -0.335. The van der Waals surface area contributed by atoms with E-state index in [1.54, 1.807) is 18.3 Å². The summed E-state index contributed by atoms with van der Waals surface area (Å²) >= 11 is 1.52. The van der Waals surface area contributed by atoms with Crippen LogP contribution in [0.15, 0.2) is 75.9 Å². The van der Waals surface area contributed by atoms with Crippen molar-refractivity contribution in [1.29, 1.82) is 0 Å². The normalized spacial score (nSPS) is 11.6. The van der Waals surface area contributed by atoms with E-state index in [4.69, 9.17) is 4.84 Å². The number of aryl methyl sites for hydroxylation is 1. The van der Waals surface area contributed by atoms with Crippen LogP contribution in [0.3, 0.4) is 0 Å². The third-order valence-corrected chi connectivity index (χ3v) is 6.89. The molecule has 0 unspecified atom stereocenters. The highest BCUT2D eigenvalue weighted by atomic mass is 32.2. The molecule has 3 aromatic rings. The number of hydrogen-bond acceptors (Lipinski definition) is 6. The molecule has 0 aliphatic heterocycles. The predicted octanol–water partition coefficient (Wildman–Crippen LogP) is 3.01. The molecule has 0 aliphatic carbocycles. The molecule has 2 aromatic carbocycles. The monoisotopic (exact) mass is 432 g/mol. The van der Waals surface area contributed by atoms with E-state index in [0.29, 0.717) is 11.3 Å². The molecule has 0 atom stereocenters. The van der Waals surface area contributed by atoms with Crippen LogP contribution >= 0.6 is 11.8 Å². The van der Waals surface area contributed by atoms with Crippen molar-refractivity contribution in [1.82, 2.24) is 14.0 Å². The molecule has 1 N–H and O–H groups in total. The largest absolute Gasteiger partial charge is 0.329 e. The number of amides is 1. The summed E-state index contributed by atoms with van der Waals surface area (Å²) in [7, 11) is 0.735. The maximum Gasteiger partial charge on any atom is 0.264 e. The number of rotatable bonds is 7. The molecule has 1 aromatic heterocycles. The molecule has 29 heavy (non-hydrogen) atoms. The van der Waals surface area contributed by atoms with Gasteiger partial charge in [0.25, 0.3) is 15.9 Å². The average Bonchev–Trinajstić information content (AvgIpc) is 3.13. The van der Waals surface area contributed by atoms with E-state index in [2.05, 4.69) is 10.3 Å². The maximum atomic E-state index is 12.4. The SMILES string of the molecule is CON(C)S(=O)(=O)c1ccc(C(=O)Nc2ccc(Sc3nccn3C)cc2)cc1. The van der Waals surface area contributed by atoms with Crippen LogP contribution in [0.25, 0.3) is 0 Å². The van der Waals surface area contributed by atoms with E-state index in [1.165, 1.54) is 50.2 Å². The van der Waals surface area contributed by atoms with Crippen molar-refractivity contribution in [2.45, 2.75) is 14.9 Å². The topological polar surface area (TPSA) is 93.5 Å². The van der Waals surface area contributed by atoms with Crippen LogP contribution in [0.1, 0.15) is 10.4 Å². The molecule has 0 spiro atoms. The lowest BCUT2D eigenvalue weighted by atomic mass is 10.2. The molecule has 0 bridgehead atoms. The van der Waals surface area contributed by atoms with Crippen molar-refractivity contribution < 1.29 is 18.0 Å². The number of hydrogen-bond donors (Lipinski definition) is 1. The van der Waals surface area contributed by atoms with Gasteiger partial charge in [-0.15, -0.1) is 0 Å². The zero-order chi connectivity index (χ0) is 21.0. The van der Waals surface area contributed by atoms with Crippen LogP contribution in [0.5, 0.6) is 0 Å². The fourth-order valence-electron chi connectivity index (χ4n) is 2.39. The number of carbonyl (C=O) groups is 1. The number of hydroxylamine groups is 1. The second-order valence-corrected chi connectivity index (χ2v) is 9.00. The Morgan fingerprint density at radius 1 is 1.14 bits per heavy atom. The summed E-state index contributed by atoms with van der Waals surface area (Å²) in [6.45, 7) is 0. The van der Waals surface area contributed by atoms with Crippen LogP contribution in [-0.4, -0.2) is 42.5 Å². The minimum absolute atomic E-state index is 0.0362. The van der Waals surface area contributed by atoms with Gasteiger partial charge in [-0.3, -0.25) is 9.63 Å². The number of aromatic nitrogens is 2. The van der Waals surface area contributed by atoms with Crippen molar-refractivity contribution in [3.63, 3.8) is 0 Å². The highest BCUT2D eigenvalue weighted by Gasteiger charge is 2.21. The molecule has 152 valence electrons. The lowest BCUT2D eigenvalue weighted by Crippen LogP contribution is -2.25. The standard InChI is InChI=1S/C19H20N4O4S2/c1-22-13-12-20-19(22)28-16-8-6-15(7-9-16)21-18(24)14-4-10-17(11-5-14)29(25,26)23(2)27-3/h4-13H,1-3H3,(H,21,24). The van der Waals surface area contributed by atoms with E-state index in [0.717, 1.165) is 14.5 Å². The number of carbonyl (C=O) groups excluding carboxylic acids is 1. The molecular formula is C19H20N4O4S2. The number of nitrogens with one attached hydrogen (secondary N) is 1. The molecule has 8 nitrogen and oxygen atoms in total. The Morgan fingerprint density at radius 3 is 2.34 bits per heavy atom. The first-order valence-electron chi connectivity index (χ1n) is 8.51. The van der Waals surface area contributed by atoms with Gasteiger partial charge in [-0.2, -0.15) is 0 Å². The van der Waals surface area contributed by atoms with Crippen molar-refractivity contribution in [3.05, 3.63) is 66.5 Å². The molecule has 0 fully saturated rings. The first-order valence-corrected chi connectivity index (χ1v) is 10.8. The van der Waals surface area contributed by atoms with Crippen LogP contribution in [-0.2, 0) is 21.9 Å². The van der Waals surface area contributed by atoms with Gasteiger partial charge < -0.3 is 9.88 Å². The van der Waals surface area contributed by atoms with Gasteiger partial charge in [0.1, 0.15) is 0 Å². The molecule has 10 heteroatoms. The molecule has 3 rings (SSSR count). The quantitative estimate of drug-likeness (QED) is 0.577. The number of sulfonamides is 1. The molecule has 1 amide bonds. The smallest absolute Gasteiger partial charge is 0.264 e. The Bertz CT molecular complexity index is 1090. The maximum absolute atomic E-state index is 12.4. The van der Waals surface area contributed by atoms with Gasteiger partial charge in [-0.25, -0.2) is 13.4 Å². The van der Waals surface area contributed by atoms with Crippen LogP contribution in [0.4, 0.5) is 5.69 Å². The molecule has 1 heterocycles. The fraction of sp³-hybridized carbons (Fsp3) is 0.158. The van der Waals surface area contributed by atoms with Crippen LogP contribution in [0, 0.1) is 0 Å². The highest BCUT2D eigenvalue weighted by molar-refractivity contribution is 7.99. The first kappa shape index (κ1) is 21.1. The zero-order valence-corrected chi connectivity index (χ0v) is 17.7. The zero-order valence-electron chi connectivity index (χ0n) is 16.1. The van der Waals surface area contributed by atoms with E-state index >= 15 is 0 Å². The number of imidazole rings is 1. The van der Waals surface area contributed by atoms with Gasteiger partial charge in [-0.05, 0) is 48.5 Å². The Morgan fingerprint density at radius 2 is 1.79 bits per heavy atom. The van der Waals surface area contributed by atoms with Gasteiger partial charge in [0.2, 0.25) is 0 Å². The Hall–Kier alpha value is -2.66. The molecular weight excluding hydrogens is 412 g/mol. The van der Waals surface area contributed by atoms with E-state index < -0.39 is 10.0 Å². The minimum Gasteiger partial charge on any atom is -0.329 e.